The highest BCUT2D eigenvalue weighted by Gasteiger charge is 2.27. The molecule has 3 rings (SSSR count). The van der Waals surface area contributed by atoms with E-state index in [1.807, 2.05) is 0 Å². The van der Waals surface area contributed by atoms with Crippen LogP contribution in [0, 0.1) is 0 Å². The first kappa shape index (κ1) is 16.3. The Morgan fingerprint density at radius 1 is 1.30 bits per heavy atom. The number of ether oxygens (including phenoxy) is 1. The molecule has 126 valence electrons. The second-order valence-corrected chi connectivity index (χ2v) is 6.29. The number of nitrogens with one attached hydrogen (secondary N) is 1. The largest absolute Gasteiger partial charge is 0.467 e. The Hall–Kier alpha value is -1.60. The van der Waals surface area contributed by atoms with Crippen molar-refractivity contribution in [3.05, 3.63) is 11.2 Å². The first-order valence-electron chi connectivity index (χ1n) is 7.99. The van der Waals surface area contributed by atoms with Gasteiger partial charge >= 0.3 is 6.01 Å². The molecule has 1 aromatic heterocycles. The smallest absolute Gasteiger partial charge is 0.318 e. The summed E-state index contributed by atoms with van der Waals surface area (Å²) < 4.78 is 5.08. The second kappa shape index (κ2) is 7.31. The molecule has 0 bridgehead atoms. The van der Waals surface area contributed by atoms with Gasteiger partial charge in [-0.25, -0.2) is 4.98 Å². The minimum Gasteiger partial charge on any atom is -0.467 e. The summed E-state index contributed by atoms with van der Waals surface area (Å²) in [6.07, 6.45) is 4.17. The maximum atomic E-state index is 11.5. The predicted molar refractivity (Wildman–Crippen MR) is 88.0 cm³/mol. The quantitative estimate of drug-likeness (QED) is 0.883. The molecule has 1 N–H and O–H groups in total. The van der Waals surface area contributed by atoms with Crippen molar-refractivity contribution < 1.29 is 9.53 Å². The summed E-state index contributed by atoms with van der Waals surface area (Å²) in [7, 11) is 1.55. The summed E-state index contributed by atoms with van der Waals surface area (Å²) >= 11 is 6.23. The van der Waals surface area contributed by atoms with Crippen LogP contribution in [0.4, 0.5) is 5.82 Å². The van der Waals surface area contributed by atoms with Crippen LogP contribution in [-0.4, -0.2) is 66.7 Å². The lowest BCUT2D eigenvalue weighted by Gasteiger charge is -2.39. The highest BCUT2D eigenvalue weighted by molar-refractivity contribution is 6.32. The first-order chi connectivity index (χ1) is 11.2. The molecular weight excluding hydrogens is 318 g/mol. The van der Waals surface area contributed by atoms with Crippen molar-refractivity contribution in [2.24, 2.45) is 0 Å². The number of hydrogen-bond donors (Lipinski definition) is 1. The summed E-state index contributed by atoms with van der Waals surface area (Å²) in [6.45, 7) is 4.39. The van der Waals surface area contributed by atoms with Crippen LogP contribution in [0.15, 0.2) is 6.20 Å². The zero-order valence-electron chi connectivity index (χ0n) is 13.3. The van der Waals surface area contributed by atoms with E-state index in [4.69, 9.17) is 16.3 Å². The predicted octanol–water partition coefficient (Wildman–Crippen LogP) is 0.929. The molecule has 2 aliphatic heterocycles. The van der Waals surface area contributed by atoms with Crippen molar-refractivity contribution in [1.29, 1.82) is 0 Å². The molecule has 2 aliphatic rings. The number of rotatable bonds is 3. The number of nitrogens with zero attached hydrogens (tertiary/aromatic N) is 4. The SMILES string of the molecule is COc1ncc(Cl)c(N2CCN([C@H]3CCNC(=O)CC3)CC2)n1. The monoisotopic (exact) mass is 339 g/mol. The number of carbonyl (C=O) groups is 1. The molecule has 3 heterocycles. The topological polar surface area (TPSA) is 70.6 Å². The average molecular weight is 340 g/mol. The Morgan fingerprint density at radius 2 is 2.09 bits per heavy atom. The van der Waals surface area contributed by atoms with Crippen molar-refractivity contribution in [2.45, 2.75) is 25.3 Å². The van der Waals surface area contributed by atoms with Gasteiger partial charge in [-0.3, -0.25) is 9.69 Å². The molecule has 0 saturated carbocycles. The number of anilines is 1. The Kier molecular flexibility index (Phi) is 5.17. The summed E-state index contributed by atoms with van der Waals surface area (Å²) in [5, 5.41) is 3.49. The molecule has 1 amide bonds. The Morgan fingerprint density at radius 3 is 2.83 bits per heavy atom. The summed E-state index contributed by atoms with van der Waals surface area (Å²) in [4.78, 5) is 24.5. The van der Waals surface area contributed by atoms with Crippen LogP contribution >= 0.6 is 11.6 Å². The van der Waals surface area contributed by atoms with Crippen molar-refractivity contribution in [3.8, 4) is 6.01 Å². The zero-order valence-corrected chi connectivity index (χ0v) is 14.1. The van der Waals surface area contributed by atoms with E-state index < -0.39 is 0 Å². The van der Waals surface area contributed by atoms with Gasteiger partial charge in [0.25, 0.3) is 0 Å². The summed E-state index contributed by atoms with van der Waals surface area (Å²) in [5.41, 5.74) is 0. The van der Waals surface area contributed by atoms with Crippen molar-refractivity contribution in [1.82, 2.24) is 20.2 Å². The summed E-state index contributed by atoms with van der Waals surface area (Å²) in [6, 6.07) is 0.812. The molecule has 8 heteroatoms. The molecular formula is C15H22ClN5O2. The lowest BCUT2D eigenvalue weighted by molar-refractivity contribution is -0.120. The fraction of sp³-hybridized carbons (Fsp3) is 0.667. The van der Waals surface area contributed by atoms with Crippen LogP contribution < -0.4 is 15.0 Å². The van der Waals surface area contributed by atoms with Gasteiger partial charge in [0.2, 0.25) is 5.91 Å². The van der Waals surface area contributed by atoms with Crippen LogP contribution in [0.2, 0.25) is 5.02 Å². The van der Waals surface area contributed by atoms with Gasteiger partial charge in [0.1, 0.15) is 5.02 Å². The van der Waals surface area contributed by atoms with E-state index in [0.717, 1.165) is 51.4 Å². The van der Waals surface area contributed by atoms with Gasteiger partial charge in [0, 0.05) is 45.2 Å². The third kappa shape index (κ3) is 3.84. The Bertz CT molecular complexity index is 563. The van der Waals surface area contributed by atoms with Crippen molar-refractivity contribution >= 4 is 23.3 Å². The molecule has 0 spiro atoms. The first-order valence-corrected chi connectivity index (χ1v) is 8.37. The van der Waals surface area contributed by atoms with Gasteiger partial charge in [-0.15, -0.1) is 0 Å². The molecule has 0 radical (unpaired) electrons. The lowest BCUT2D eigenvalue weighted by Crippen LogP contribution is -2.50. The highest BCUT2D eigenvalue weighted by Crippen LogP contribution is 2.26. The third-order valence-electron chi connectivity index (χ3n) is 4.52. The van der Waals surface area contributed by atoms with Crippen LogP contribution in [0.3, 0.4) is 0 Å². The van der Waals surface area contributed by atoms with Crippen LogP contribution in [0.1, 0.15) is 19.3 Å². The molecule has 2 fully saturated rings. The molecule has 0 aliphatic carbocycles. The van der Waals surface area contributed by atoms with Gasteiger partial charge in [-0.2, -0.15) is 4.98 Å². The minimum absolute atomic E-state index is 0.172. The van der Waals surface area contributed by atoms with Gasteiger partial charge in [0.15, 0.2) is 5.82 Å². The number of halogens is 1. The van der Waals surface area contributed by atoms with Crippen molar-refractivity contribution in [2.75, 3.05) is 44.7 Å². The minimum atomic E-state index is 0.172. The third-order valence-corrected chi connectivity index (χ3v) is 4.79. The average Bonchev–Trinajstić information content (AvgIpc) is 2.80. The number of piperazine rings is 1. The number of methoxy groups -OCH3 is 1. The molecule has 0 unspecified atom stereocenters. The highest BCUT2D eigenvalue weighted by atomic mass is 35.5. The number of carbonyl (C=O) groups excluding carboxylic acids is 1. The van der Waals surface area contributed by atoms with Crippen LogP contribution in [0.25, 0.3) is 0 Å². The normalized spacial score (nSPS) is 23.3. The van der Waals surface area contributed by atoms with Crippen molar-refractivity contribution in [3.63, 3.8) is 0 Å². The number of aromatic nitrogens is 2. The fourth-order valence-electron chi connectivity index (χ4n) is 3.24. The van der Waals surface area contributed by atoms with Gasteiger partial charge in [0.05, 0.1) is 13.3 Å². The lowest BCUT2D eigenvalue weighted by atomic mass is 10.1. The molecule has 1 atom stereocenters. The zero-order chi connectivity index (χ0) is 16.2. The Labute approximate surface area is 141 Å². The fourth-order valence-corrected chi connectivity index (χ4v) is 3.45. The second-order valence-electron chi connectivity index (χ2n) is 5.88. The molecule has 1 aromatic rings. The van der Waals surface area contributed by atoms with Gasteiger partial charge < -0.3 is 15.0 Å². The van der Waals surface area contributed by atoms with Crippen LogP contribution in [-0.2, 0) is 4.79 Å². The van der Waals surface area contributed by atoms with Crippen LogP contribution in [0.5, 0.6) is 6.01 Å². The standard InChI is InChI=1S/C15H22ClN5O2/c1-23-15-18-10-12(16)14(19-15)21-8-6-20(7-9-21)11-2-3-13(22)17-5-4-11/h10-11H,2-9H2,1H3,(H,17,22)/t11-/m1/s1. The van der Waals surface area contributed by atoms with E-state index in [9.17, 15) is 4.79 Å². The molecule has 0 aromatic carbocycles. The van der Waals surface area contributed by atoms with E-state index in [-0.39, 0.29) is 5.91 Å². The maximum Gasteiger partial charge on any atom is 0.318 e. The Balaban J connectivity index is 1.61. The van der Waals surface area contributed by atoms with E-state index >= 15 is 0 Å². The van der Waals surface area contributed by atoms with E-state index in [1.54, 1.807) is 13.3 Å². The number of amides is 1. The molecule has 23 heavy (non-hydrogen) atoms. The van der Waals surface area contributed by atoms with Gasteiger partial charge in [-0.1, -0.05) is 11.6 Å². The maximum absolute atomic E-state index is 11.5. The number of hydrogen-bond acceptors (Lipinski definition) is 6. The summed E-state index contributed by atoms with van der Waals surface area (Å²) in [5.74, 6) is 0.905. The molecule has 2 saturated heterocycles. The van der Waals surface area contributed by atoms with E-state index in [0.29, 0.717) is 23.5 Å². The van der Waals surface area contributed by atoms with Gasteiger partial charge in [-0.05, 0) is 12.8 Å². The van der Waals surface area contributed by atoms with E-state index in [1.165, 1.54) is 0 Å². The molecule has 7 nitrogen and oxygen atoms in total. The van der Waals surface area contributed by atoms with E-state index in [2.05, 4.69) is 25.1 Å².